The minimum atomic E-state index is -0.275. The van der Waals surface area contributed by atoms with Crippen LogP contribution in [0.5, 0.6) is 23.0 Å². The van der Waals surface area contributed by atoms with Crippen LogP contribution in [0.25, 0.3) is 11.0 Å². The monoisotopic (exact) mass is 405 g/mol. The van der Waals surface area contributed by atoms with E-state index in [0.717, 1.165) is 5.75 Å². The molecule has 0 aliphatic rings. The quantitative estimate of drug-likeness (QED) is 0.651. The Hall–Kier alpha value is -2.70. The molecule has 28 heavy (non-hydrogen) atoms. The molecule has 3 rings (SSSR count). The third kappa shape index (κ3) is 4.40. The maximum absolute atomic E-state index is 13.0. The van der Waals surface area contributed by atoms with Crippen molar-refractivity contribution in [3.63, 3.8) is 0 Å². The highest BCUT2D eigenvalue weighted by molar-refractivity contribution is 5.85. The summed E-state index contributed by atoms with van der Waals surface area (Å²) in [6.07, 6.45) is 0. The number of aryl methyl sites for hydroxylation is 1. The molecule has 0 fully saturated rings. The summed E-state index contributed by atoms with van der Waals surface area (Å²) in [4.78, 5) is 14.9. The highest BCUT2D eigenvalue weighted by Crippen LogP contribution is 2.31. The Kier molecular flexibility index (Phi) is 6.94. The Morgan fingerprint density at radius 2 is 1.71 bits per heavy atom. The van der Waals surface area contributed by atoms with Gasteiger partial charge < -0.3 is 23.9 Å². The minimum Gasteiger partial charge on any atom is -0.507 e. The molecule has 3 aromatic rings. The summed E-state index contributed by atoms with van der Waals surface area (Å²) in [5.41, 5.74) is 0.679. The van der Waals surface area contributed by atoms with Crippen LogP contribution in [-0.4, -0.2) is 30.7 Å². The van der Waals surface area contributed by atoms with E-state index < -0.39 is 0 Å². The highest BCUT2D eigenvalue weighted by Gasteiger charge is 2.18. The van der Waals surface area contributed by atoms with E-state index in [0.29, 0.717) is 41.2 Å². The van der Waals surface area contributed by atoms with Crippen molar-refractivity contribution in [2.75, 3.05) is 20.7 Å². The first-order valence-corrected chi connectivity index (χ1v) is 8.74. The molecule has 2 aromatic carbocycles. The Labute approximate surface area is 169 Å². The largest absolute Gasteiger partial charge is 0.507 e. The van der Waals surface area contributed by atoms with Crippen LogP contribution in [0.3, 0.4) is 0 Å². The van der Waals surface area contributed by atoms with E-state index in [-0.39, 0.29) is 29.3 Å². The van der Waals surface area contributed by atoms with Gasteiger partial charge in [0.1, 0.15) is 28.6 Å². The molecule has 0 amide bonds. The first-order valence-electron chi connectivity index (χ1n) is 8.74. The van der Waals surface area contributed by atoms with Crippen molar-refractivity contribution in [3.05, 3.63) is 57.9 Å². The van der Waals surface area contributed by atoms with Crippen molar-refractivity contribution in [3.8, 4) is 23.0 Å². The van der Waals surface area contributed by atoms with Crippen molar-refractivity contribution in [2.45, 2.75) is 20.4 Å². The average molecular weight is 406 g/mol. The number of phenolic OH excluding ortho intramolecular Hbond substituents is 1. The number of hydrogen-bond acceptors (Lipinski definition) is 6. The van der Waals surface area contributed by atoms with Gasteiger partial charge in [-0.3, -0.25) is 4.79 Å². The van der Waals surface area contributed by atoms with Crippen molar-refractivity contribution in [2.24, 2.45) is 0 Å². The van der Waals surface area contributed by atoms with Gasteiger partial charge in [-0.05, 0) is 64.3 Å². The second-order valence-electron chi connectivity index (χ2n) is 6.50. The van der Waals surface area contributed by atoms with E-state index in [1.807, 2.05) is 25.9 Å². The van der Waals surface area contributed by atoms with Gasteiger partial charge in [-0.1, -0.05) is 0 Å². The third-order valence-electron chi connectivity index (χ3n) is 4.09. The molecule has 0 saturated carbocycles. The zero-order valence-corrected chi connectivity index (χ0v) is 17.1. The zero-order chi connectivity index (χ0) is 19.6. The molecule has 0 aliphatic heterocycles. The number of phenols is 1. The summed E-state index contributed by atoms with van der Waals surface area (Å²) in [5.74, 6) is 1.83. The summed E-state index contributed by atoms with van der Waals surface area (Å²) in [5, 5.41) is 10.6. The zero-order valence-electron chi connectivity index (χ0n) is 16.3. The van der Waals surface area contributed by atoms with Gasteiger partial charge in [0.15, 0.2) is 0 Å². The molecule has 0 radical (unpaired) electrons. The number of halogens is 1. The maximum atomic E-state index is 13.0. The molecule has 150 valence electrons. The van der Waals surface area contributed by atoms with Crippen molar-refractivity contribution < 1.29 is 19.0 Å². The summed E-state index contributed by atoms with van der Waals surface area (Å²) >= 11 is 0. The van der Waals surface area contributed by atoms with Gasteiger partial charge in [0, 0.05) is 6.54 Å². The van der Waals surface area contributed by atoms with Crippen molar-refractivity contribution >= 4 is 23.4 Å². The lowest BCUT2D eigenvalue weighted by atomic mass is 10.1. The van der Waals surface area contributed by atoms with Crippen LogP contribution >= 0.6 is 12.4 Å². The predicted molar refractivity (Wildman–Crippen MR) is 111 cm³/mol. The van der Waals surface area contributed by atoms with Crippen molar-refractivity contribution in [1.82, 2.24) is 4.90 Å². The summed E-state index contributed by atoms with van der Waals surface area (Å²) in [6.45, 7) is 4.62. The first kappa shape index (κ1) is 21.6. The molecular weight excluding hydrogens is 382 g/mol. The van der Waals surface area contributed by atoms with Crippen LogP contribution in [0.4, 0.5) is 0 Å². The predicted octanol–water partition coefficient (Wildman–Crippen LogP) is 4.48. The maximum Gasteiger partial charge on any atom is 0.235 e. The molecule has 0 bridgehead atoms. The molecule has 7 heteroatoms. The van der Waals surface area contributed by atoms with E-state index in [9.17, 15) is 9.90 Å². The molecule has 1 heterocycles. The number of aromatic hydroxyl groups is 1. The minimum absolute atomic E-state index is 0. The molecule has 0 unspecified atom stereocenters. The van der Waals surface area contributed by atoms with Gasteiger partial charge in [-0.2, -0.15) is 0 Å². The van der Waals surface area contributed by atoms with Crippen LogP contribution in [0.15, 0.2) is 45.6 Å². The molecule has 0 spiro atoms. The molecule has 1 N–H and O–H groups in total. The number of hydrogen-bond donors (Lipinski definition) is 1. The fourth-order valence-corrected chi connectivity index (χ4v) is 2.87. The number of nitrogens with zero attached hydrogens (tertiary/aromatic N) is 1. The molecule has 0 atom stereocenters. The van der Waals surface area contributed by atoms with Gasteiger partial charge in [-0.15, -0.1) is 12.4 Å². The fraction of sp³-hybridized carbons (Fsp3) is 0.286. The van der Waals surface area contributed by atoms with Crippen LogP contribution in [0, 0.1) is 6.92 Å². The Balaban J connectivity index is 0.00000280. The second-order valence-corrected chi connectivity index (χ2v) is 6.50. The number of benzene rings is 2. The Morgan fingerprint density at radius 1 is 1.07 bits per heavy atom. The van der Waals surface area contributed by atoms with E-state index >= 15 is 0 Å². The van der Waals surface area contributed by atoms with Crippen molar-refractivity contribution in [1.29, 1.82) is 0 Å². The topological polar surface area (TPSA) is 72.1 Å². The molecule has 0 aliphatic carbocycles. The van der Waals surface area contributed by atoms with Gasteiger partial charge in [0.05, 0.1) is 17.6 Å². The van der Waals surface area contributed by atoms with Gasteiger partial charge in [0.2, 0.25) is 11.2 Å². The molecule has 0 saturated heterocycles. The molecular formula is C21H24ClNO5. The smallest absolute Gasteiger partial charge is 0.235 e. The Bertz CT molecular complexity index is 1010. The van der Waals surface area contributed by atoms with Crippen LogP contribution in [0.2, 0.25) is 0 Å². The van der Waals surface area contributed by atoms with Crippen LogP contribution < -0.4 is 14.9 Å². The first-order chi connectivity index (χ1) is 12.9. The Morgan fingerprint density at radius 3 is 2.32 bits per heavy atom. The van der Waals surface area contributed by atoms with Crippen LogP contribution in [-0.2, 0) is 6.54 Å². The highest BCUT2D eigenvalue weighted by atomic mass is 35.5. The van der Waals surface area contributed by atoms with E-state index in [2.05, 4.69) is 0 Å². The third-order valence-corrected chi connectivity index (χ3v) is 4.09. The SMILES string of the molecule is CCOc1ccc(Oc2c(C)oc3c(CN(C)C)c(O)ccc3c2=O)cc1.Cl. The van der Waals surface area contributed by atoms with E-state index in [1.54, 1.807) is 37.3 Å². The summed E-state index contributed by atoms with van der Waals surface area (Å²) in [7, 11) is 3.76. The molecule has 6 nitrogen and oxygen atoms in total. The fourth-order valence-electron chi connectivity index (χ4n) is 2.87. The second kappa shape index (κ2) is 8.99. The van der Waals surface area contributed by atoms with Gasteiger partial charge in [0.25, 0.3) is 0 Å². The van der Waals surface area contributed by atoms with Gasteiger partial charge >= 0.3 is 0 Å². The summed E-state index contributed by atoms with van der Waals surface area (Å²) in [6, 6.07) is 10.1. The number of ether oxygens (including phenoxy) is 2. The van der Waals surface area contributed by atoms with E-state index in [1.165, 1.54) is 6.07 Å². The van der Waals surface area contributed by atoms with Gasteiger partial charge in [-0.25, -0.2) is 0 Å². The lowest BCUT2D eigenvalue weighted by Gasteiger charge is -2.15. The van der Waals surface area contributed by atoms with E-state index in [4.69, 9.17) is 13.9 Å². The normalized spacial score (nSPS) is 10.8. The number of rotatable bonds is 6. The molecule has 1 aromatic heterocycles. The number of fused-ring (bicyclic) bond motifs is 1. The standard InChI is InChI=1S/C21H23NO5.ClH/c1-5-25-14-6-8-15(9-7-14)27-20-13(2)26-21-16(19(20)24)10-11-18(23)17(21)12-22(3)4;/h6-11,23H,5,12H2,1-4H3;1H. The lowest BCUT2D eigenvalue weighted by Crippen LogP contribution is -2.13. The lowest BCUT2D eigenvalue weighted by molar-refractivity contribution is 0.339. The van der Waals surface area contributed by atoms with Crippen LogP contribution in [0.1, 0.15) is 18.2 Å². The summed E-state index contributed by atoms with van der Waals surface area (Å²) < 4.78 is 17.1. The average Bonchev–Trinajstić information content (AvgIpc) is 2.62.